The Bertz CT molecular complexity index is 1480. The van der Waals surface area contributed by atoms with Crippen molar-refractivity contribution < 1.29 is 27.2 Å². The van der Waals surface area contributed by atoms with Crippen molar-refractivity contribution in [2.45, 2.75) is 38.5 Å². The predicted octanol–water partition coefficient (Wildman–Crippen LogP) is 4.54. The molecule has 194 valence electrons. The maximum atomic E-state index is 13.7. The highest BCUT2D eigenvalue weighted by Crippen LogP contribution is 2.35. The molecule has 0 spiro atoms. The van der Waals surface area contributed by atoms with Gasteiger partial charge >= 0.3 is 0 Å². The van der Waals surface area contributed by atoms with Gasteiger partial charge in [-0.25, -0.2) is 8.42 Å². The largest absolute Gasteiger partial charge is 0.454 e. The number of aromatic nitrogens is 1. The van der Waals surface area contributed by atoms with E-state index < -0.39 is 15.9 Å². The summed E-state index contributed by atoms with van der Waals surface area (Å²) in [4.78, 5) is 13.1. The first-order valence-corrected chi connectivity index (χ1v) is 13.6. The summed E-state index contributed by atoms with van der Waals surface area (Å²) in [5.41, 5.74) is 3.99. The molecule has 0 aliphatic carbocycles. The third-order valence-corrected chi connectivity index (χ3v) is 8.70. The van der Waals surface area contributed by atoms with Crippen molar-refractivity contribution in [3.8, 4) is 11.5 Å². The first-order valence-electron chi connectivity index (χ1n) is 12.1. The average Bonchev–Trinajstić information content (AvgIpc) is 3.50. The van der Waals surface area contributed by atoms with Gasteiger partial charge in [0.1, 0.15) is 5.69 Å². The van der Waals surface area contributed by atoms with Crippen molar-refractivity contribution in [3.05, 3.63) is 64.5 Å². The summed E-state index contributed by atoms with van der Waals surface area (Å²) in [6.45, 7) is 6.14. The van der Waals surface area contributed by atoms with E-state index in [-0.39, 0.29) is 35.6 Å². The Morgan fingerprint density at radius 3 is 2.73 bits per heavy atom. The summed E-state index contributed by atoms with van der Waals surface area (Å²) in [5.74, 6) is 0.624. The number of carbonyl (C=O) groups is 1. The minimum Gasteiger partial charge on any atom is -0.454 e. The van der Waals surface area contributed by atoms with Gasteiger partial charge in [0.15, 0.2) is 22.2 Å². The first kappa shape index (κ1) is 25.0. The van der Waals surface area contributed by atoms with Crippen LogP contribution in [0.15, 0.2) is 45.8 Å². The SMILES string of the molecule is Cc1ccc(C)c(/C=C/c2onc(C)c2S(=O)(=O)N2CCCC(C(=O)Nc3ccc4c(c3)OCO4)C2)c1. The molecule has 1 amide bonds. The molecular formula is C27H29N3O6S. The van der Waals surface area contributed by atoms with Gasteiger partial charge in [-0.1, -0.05) is 35.0 Å². The molecule has 5 rings (SSSR count). The van der Waals surface area contributed by atoms with Crippen molar-refractivity contribution >= 4 is 33.8 Å². The third-order valence-electron chi connectivity index (χ3n) is 6.68. The fourth-order valence-electron chi connectivity index (χ4n) is 4.63. The molecule has 2 aliphatic rings. The Hall–Kier alpha value is -3.63. The molecule has 10 heteroatoms. The third kappa shape index (κ3) is 5.12. The van der Waals surface area contributed by atoms with Crippen molar-refractivity contribution in [2.24, 2.45) is 5.92 Å². The second-order valence-corrected chi connectivity index (χ2v) is 11.3. The molecule has 2 aliphatic heterocycles. The van der Waals surface area contributed by atoms with Crippen molar-refractivity contribution in [3.63, 3.8) is 0 Å². The van der Waals surface area contributed by atoms with Crippen molar-refractivity contribution in [1.82, 2.24) is 9.46 Å². The van der Waals surface area contributed by atoms with E-state index in [1.54, 1.807) is 31.2 Å². The Morgan fingerprint density at radius 2 is 1.89 bits per heavy atom. The van der Waals surface area contributed by atoms with E-state index in [4.69, 9.17) is 14.0 Å². The molecular weight excluding hydrogens is 494 g/mol. The Balaban J connectivity index is 1.34. The highest BCUT2D eigenvalue weighted by Gasteiger charge is 2.37. The molecule has 1 unspecified atom stereocenters. The van der Waals surface area contributed by atoms with Crippen LogP contribution in [0.1, 0.15) is 41.0 Å². The van der Waals surface area contributed by atoms with Crippen LogP contribution in [0.25, 0.3) is 12.2 Å². The number of ether oxygens (including phenoxy) is 2. The topological polar surface area (TPSA) is 111 Å². The molecule has 0 bridgehead atoms. The molecule has 3 aromatic rings. The van der Waals surface area contributed by atoms with E-state index >= 15 is 0 Å². The van der Waals surface area contributed by atoms with E-state index in [2.05, 4.69) is 10.5 Å². The number of rotatable bonds is 6. The number of nitrogens with one attached hydrogen (secondary N) is 1. The highest BCUT2D eigenvalue weighted by molar-refractivity contribution is 7.89. The number of anilines is 1. The van der Waals surface area contributed by atoms with Gasteiger partial charge in [-0.15, -0.1) is 0 Å². The van der Waals surface area contributed by atoms with Crippen LogP contribution in [0.2, 0.25) is 0 Å². The zero-order valence-corrected chi connectivity index (χ0v) is 21.8. The monoisotopic (exact) mass is 523 g/mol. The van der Waals surface area contributed by atoms with E-state index in [1.165, 1.54) is 4.31 Å². The van der Waals surface area contributed by atoms with Gasteiger partial charge in [0.25, 0.3) is 0 Å². The van der Waals surface area contributed by atoms with Crippen molar-refractivity contribution in [1.29, 1.82) is 0 Å². The Kier molecular flexibility index (Phi) is 6.78. The number of amides is 1. The molecule has 1 saturated heterocycles. The summed E-state index contributed by atoms with van der Waals surface area (Å²) < 4.78 is 44.9. The van der Waals surface area contributed by atoms with Crippen LogP contribution in [0.3, 0.4) is 0 Å². The van der Waals surface area contributed by atoms with E-state index in [0.29, 0.717) is 36.6 Å². The standard InChI is InChI=1S/C27H29N3O6S/c1-17-6-7-18(2)20(13-17)8-10-24-26(19(3)29-36-24)37(32,33)30-12-4-5-21(15-30)27(31)28-22-9-11-23-25(14-22)35-16-34-23/h6-11,13-14,21H,4-5,12,15-16H2,1-3H3,(H,28,31)/b10-8+. The van der Waals surface area contributed by atoms with Gasteiger partial charge in [0.05, 0.1) is 5.92 Å². The summed E-state index contributed by atoms with van der Waals surface area (Å²) in [6.07, 6.45) is 4.63. The highest BCUT2D eigenvalue weighted by atomic mass is 32.2. The fourth-order valence-corrected chi connectivity index (χ4v) is 6.40. The van der Waals surface area contributed by atoms with Crippen molar-refractivity contribution in [2.75, 3.05) is 25.2 Å². The van der Waals surface area contributed by atoms with Crippen LogP contribution in [0.5, 0.6) is 11.5 Å². The Labute approximate surface area is 216 Å². The lowest BCUT2D eigenvalue weighted by atomic mass is 9.98. The smallest absolute Gasteiger partial charge is 0.248 e. The lowest BCUT2D eigenvalue weighted by Gasteiger charge is -2.31. The van der Waals surface area contributed by atoms with E-state index in [9.17, 15) is 13.2 Å². The van der Waals surface area contributed by atoms with E-state index in [0.717, 1.165) is 16.7 Å². The van der Waals surface area contributed by atoms with Gasteiger partial charge in [-0.2, -0.15) is 4.31 Å². The number of sulfonamides is 1. The zero-order chi connectivity index (χ0) is 26.2. The van der Waals surface area contributed by atoms with Crippen LogP contribution in [-0.2, 0) is 14.8 Å². The molecule has 1 aromatic heterocycles. The maximum absolute atomic E-state index is 13.7. The van der Waals surface area contributed by atoms with Gasteiger partial charge in [0.2, 0.25) is 22.7 Å². The number of piperidine rings is 1. The minimum atomic E-state index is -3.94. The molecule has 3 heterocycles. The molecule has 0 saturated carbocycles. The number of nitrogens with zero attached hydrogens (tertiary/aromatic N) is 2. The lowest BCUT2D eigenvalue weighted by molar-refractivity contribution is -0.120. The summed E-state index contributed by atoms with van der Waals surface area (Å²) in [5, 5.41) is 6.82. The number of hydrogen-bond donors (Lipinski definition) is 1. The van der Waals surface area contributed by atoms with Crippen LogP contribution in [0, 0.1) is 26.7 Å². The van der Waals surface area contributed by atoms with Crippen LogP contribution >= 0.6 is 0 Å². The number of benzene rings is 2. The maximum Gasteiger partial charge on any atom is 0.248 e. The van der Waals surface area contributed by atoms with Gasteiger partial charge in [-0.3, -0.25) is 4.79 Å². The Morgan fingerprint density at radius 1 is 1.08 bits per heavy atom. The molecule has 1 fully saturated rings. The van der Waals surface area contributed by atoms with E-state index in [1.807, 2.05) is 38.1 Å². The molecule has 37 heavy (non-hydrogen) atoms. The second-order valence-electron chi connectivity index (χ2n) is 9.41. The number of hydrogen-bond acceptors (Lipinski definition) is 7. The number of fused-ring (bicyclic) bond motifs is 1. The van der Waals surface area contributed by atoms with Gasteiger partial charge in [-0.05, 0) is 62.9 Å². The molecule has 1 N–H and O–H groups in total. The first-order chi connectivity index (χ1) is 17.7. The van der Waals surface area contributed by atoms with Crippen LogP contribution in [-0.4, -0.2) is 43.7 Å². The fraction of sp³-hybridized carbons (Fsp3) is 0.333. The van der Waals surface area contributed by atoms with Crippen LogP contribution in [0.4, 0.5) is 5.69 Å². The van der Waals surface area contributed by atoms with Gasteiger partial charge < -0.3 is 19.3 Å². The quantitative estimate of drug-likeness (QED) is 0.505. The summed E-state index contributed by atoms with van der Waals surface area (Å²) >= 11 is 0. The average molecular weight is 524 g/mol. The molecule has 9 nitrogen and oxygen atoms in total. The predicted molar refractivity (Wildman–Crippen MR) is 139 cm³/mol. The normalized spacial score (nSPS) is 17.9. The number of carbonyl (C=O) groups excluding carboxylic acids is 1. The molecule has 2 aromatic carbocycles. The number of aryl methyl sites for hydroxylation is 3. The summed E-state index contributed by atoms with van der Waals surface area (Å²) in [7, 11) is -3.94. The molecule has 1 atom stereocenters. The summed E-state index contributed by atoms with van der Waals surface area (Å²) in [6, 6.07) is 11.2. The lowest BCUT2D eigenvalue weighted by Crippen LogP contribution is -2.43. The minimum absolute atomic E-state index is 0.0332. The zero-order valence-electron chi connectivity index (χ0n) is 21.0. The van der Waals surface area contributed by atoms with Gasteiger partial charge in [0, 0.05) is 24.8 Å². The van der Waals surface area contributed by atoms with Crippen LogP contribution < -0.4 is 14.8 Å². The molecule has 0 radical (unpaired) electrons. The second kappa shape index (κ2) is 10.0.